The molecule has 0 atom stereocenters. The number of rotatable bonds is 6. The van der Waals surface area contributed by atoms with E-state index in [9.17, 15) is 0 Å². The van der Waals surface area contributed by atoms with Crippen molar-refractivity contribution in [1.29, 1.82) is 0 Å². The van der Waals surface area contributed by atoms with Gasteiger partial charge in [0.2, 0.25) is 0 Å². The number of nitrogens with two attached hydrogens (primary N) is 1. The molecule has 96 valence electrons. The lowest BCUT2D eigenvalue weighted by molar-refractivity contribution is 0.278. The minimum absolute atomic E-state index is 0.432. The Hall–Kier alpha value is -2.01. The van der Waals surface area contributed by atoms with Crippen molar-refractivity contribution in [3.63, 3.8) is 0 Å². The molecule has 2 rings (SSSR count). The highest BCUT2D eigenvalue weighted by molar-refractivity contribution is 5.39. The monoisotopic (exact) mass is 247 g/mol. The Bertz CT molecular complexity index is 496. The van der Waals surface area contributed by atoms with Crippen LogP contribution in [0.3, 0.4) is 0 Å². The van der Waals surface area contributed by atoms with Crippen LogP contribution < -0.4 is 15.2 Å². The predicted octanol–water partition coefficient (Wildman–Crippen LogP) is 1.43. The zero-order chi connectivity index (χ0) is 12.8. The Morgan fingerprint density at radius 1 is 1.28 bits per heavy atom. The second-order valence-electron chi connectivity index (χ2n) is 3.74. The van der Waals surface area contributed by atoms with E-state index in [1.54, 1.807) is 13.3 Å². The summed E-state index contributed by atoms with van der Waals surface area (Å²) >= 11 is 0. The standard InChI is InChI=1S/C13H17N3O2/c1-17-11-4-2-3-5-12(11)18-9-8-16-7-6-15-13(16)10-14/h2-7H,8-10,14H2,1H3. The molecule has 2 aromatic rings. The van der Waals surface area contributed by atoms with Crippen molar-refractivity contribution in [2.75, 3.05) is 13.7 Å². The molecule has 1 heterocycles. The third-order valence-electron chi connectivity index (χ3n) is 2.64. The van der Waals surface area contributed by atoms with Crippen LogP contribution in [0.4, 0.5) is 0 Å². The van der Waals surface area contributed by atoms with Gasteiger partial charge in [0.25, 0.3) is 0 Å². The van der Waals surface area contributed by atoms with E-state index < -0.39 is 0 Å². The van der Waals surface area contributed by atoms with Crippen LogP contribution in [0.5, 0.6) is 11.5 Å². The van der Waals surface area contributed by atoms with E-state index in [1.165, 1.54) is 0 Å². The summed E-state index contributed by atoms with van der Waals surface area (Å²) in [4.78, 5) is 4.15. The van der Waals surface area contributed by atoms with Gasteiger partial charge < -0.3 is 19.8 Å². The number of hydrogen-bond acceptors (Lipinski definition) is 4. The van der Waals surface area contributed by atoms with Crippen LogP contribution in [0.15, 0.2) is 36.7 Å². The minimum Gasteiger partial charge on any atom is -0.493 e. The molecule has 0 amide bonds. The van der Waals surface area contributed by atoms with Crippen LogP contribution in [0.1, 0.15) is 5.82 Å². The van der Waals surface area contributed by atoms with Gasteiger partial charge in [-0.15, -0.1) is 0 Å². The number of nitrogens with zero attached hydrogens (tertiary/aromatic N) is 2. The molecule has 0 aliphatic carbocycles. The summed E-state index contributed by atoms with van der Waals surface area (Å²) in [5, 5.41) is 0. The van der Waals surface area contributed by atoms with Gasteiger partial charge in [-0.05, 0) is 12.1 Å². The van der Waals surface area contributed by atoms with E-state index in [1.807, 2.05) is 35.0 Å². The van der Waals surface area contributed by atoms with Crippen molar-refractivity contribution in [2.24, 2.45) is 5.73 Å². The van der Waals surface area contributed by atoms with E-state index in [0.29, 0.717) is 19.7 Å². The molecule has 5 heteroatoms. The Labute approximate surface area is 106 Å². The van der Waals surface area contributed by atoms with E-state index in [2.05, 4.69) is 4.98 Å². The van der Waals surface area contributed by atoms with Crippen LogP contribution in [0.2, 0.25) is 0 Å². The number of imidazole rings is 1. The quantitative estimate of drug-likeness (QED) is 0.838. The summed E-state index contributed by atoms with van der Waals surface area (Å²) in [6, 6.07) is 7.59. The van der Waals surface area contributed by atoms with E-state index in [4.69, 9.17) is 15.2 Å². The van der Waals surface area contributed by atoms with Crippen molar-refractivity contribution in [3.05, 3.63) is 42.5 Å². The lowest BCUT2D eigenvalue weighted by Gasteiger charge is -2.11. The number of benzene rings is 1. The molecule has 0 bridgehead atoms. The van der Waals surface area contributed by atoms with Crippen LogP contribution in [-0.4, -0.2) is 23.3 Å². The lowest BCUT2D eigenvalue weighted by Crippen LogP contribution is -2.13. The molecule has 5 nitrogen and oxygen atoms in total. The van der Waals surface area contributed by atoms with Crippen LogP contribution >= 0.6 is 0 Å². The summed E-state index contributed by atoms with van der Waals surface area (Å²) in [5.74, 6) is 2.34. The van der Waals surface area contributed by atoms with Crippen molar-refractivity contribution in [1.82, 2.24) is 9.55 Å². The van der Waals surface area contributed by atoms with Crippen LogP contribution in [0.25, 0.3) is 0 Å². The van der Waals surface area contributed by atoms with Crippen molar-refractivity contribution in [3.8, 4) is 11.5 Å². The number of hydrogen-bond donors (Lipinski definition) is 1. The zero-order valence-electron chi connectivity index (χ0n) is 10.4. The predicted molar refractivity (Wildman–Crippen MR) is 68.6 cm³/mol. The van der Waals surface area contributed by atoms with Crippen molar-refractivity contribution < 1.29 is 9.47 Å². The van der Waals surface area contributed by atoms with E-state index in [0.717, 1.165) is 17.3 Å². The third kappa shape index (κ3) is 2.81. The average molecular weight is 247 g/mol. The normalized spacial score (nSPS) is 10.3. The maximum atomic E-state index is 5.69. The fraction of sp³-hybridized carbons (Fsp3) is 0.308. The van der Waals surface area contributed by atoms with E-state index in [-0.39, 0.29) is 0 Å². The molecule has 0 aliphatic heterocycles. The molecular formula is C13H17N3O2. The average Bonchev–Trinajstić information content (AvgIpc) is 2.87. The first kappa shape index (κ1) is 12.4. The lowest BCUT2D eigenvalue weighted by atomic mass is 10.3. The van der Waals surface area contributed by atoms with Gasteiger partial charge in [0.15, 0.2) is 11.5 Å². The molecule has 1 aromatic heterocycles. The third-order valence-corrected chi connectivity index (χ3v) is 2.64. The van der Waals surface area contributed by atoms with Crippen LogP contribution in [0, 0.1) is 0 Å². The topological polar surface area (TPSA) is 62.3 Å². The van der Waals surface area contributed by atoms with Gasteiger partial charge in [-0.2, -0.15) is 0 Å². The van der Waals surface area contributed by atoms with Gasteiger partial charge in [-0.1, -0.05) is 12.1 Å². The molecule has 0 saturated carbocycles. The van der Waals surface area contributed by atoms with Crippen molar-refractivity contribution in [2.45, 2.75) is 13.1 Å². The van der Waals surface area contributed by atoms with Gasteiger partial charge >= 0.3 is 0 Å². The smallest absolute Gasteiger partial charge is 0.161 e. The Balaban J connectivity index is 1.92. The van der Waals surface area contributed by atoms with Crippen molar-refractivity contribution >= 4 is 0 Å². The highest BCUT2D eigenvalue weighted by Gasteiger charge is 2.03. The summed E-state index contributed by atoms with van der Waals surface area (Å²) in [6.07, 6.45) is 3.64. The molecule has 18 heavy (non-hydrogen) atoms. The highest BCUT2D eigenvalue weighted by atomic mass is 16.5. The molecule has 0 spiro atoms. The molecular weight excluding hydrogens is 230 g/mol. The molecule has 0 aliphatic rings. The molecule has 1 aromatic carbocycles. The number of ether oxygens (including phenoxy) is 2. The van der Waals surface area contributed by atoms with Gasteiger partial charge in [0.1, 0.15) is 12.4 Å². The minimum atomic E-state index is 0.432. The summed E-state index contributed by atoms with van der Waals surface area (Å²) in [5.41, 5.74) is 5.58. The fourth-order valence-corrected chi connectivity index (χ4v) is 1.73. The van der Waals surface area contributed by atoms with Gasteiger partial charge in [-0.3, -0.25) is 0 Å². The second-order valence-corrected chi connectivity index (χ2v) is 3.74. The summed E-state index contributed by atoms with van der Waals surface area (Å²) < 4.78 is 12.9. The van der Waals surface area contributed by atoms with E-state index >= 15 is 0 Å². The van der Waals surface area contributed by atoms with Crippen LogP contribution in [-0.2, 0) is 13.1 Å². The SMILES string of the molecule is COc1ccccc1OCCn1ccnc1CN. The first-order valence-electron chi connectivity index (χ1n) is 5.81. The molecule has 0 radical (unpaired) electrons. The molecule has 0 fully saturated rings. The Kier molecular flexibility index (Phi) is 4.20. The fourth-order valence-electron chi connectivity index (χ4n) is 1.73. The maximum Gasteiger partial charge on any atom is 0.161 e. The van der Waals surface area contributed by atoms with Gasteiger partial charge in [0.05, 0.1) is 20.2 Å². The number of para-hydroxylation sites is 2. The molecule has 0 unspecified atom stereocenters. The Morgan fingerprint density at radius 3 is 2.78 bits per heavy atom. The largest absolute Gasteiger partial charge is 0.493 e. The molecule has 0 saturated heterocycles. The molecule has 2 N–H and O–H groups in total. The summed E-state index contributed by atoms with van der Waals surface area (Å²) in [6.45, 7) is 1.69. The maximum absolute atomic E-state index is 5.69. The zero-order valence-corrected chi connectivity index (χ0v) is 10.4. The number of methoxy groups -OCH3 is 1. The first-order valence-corrected chi connectivity index (χ1v) is 5.81. The van der Waals surface area contributed by atoms with Gasteiger partial charge in [0, 0.05) is 12.4 Å². The van der Waals surface area contributed by atoms with Gasteiger partial charge in [-0.25, -0.2) is 4.98 Å². The first-order chi connectivity index (χ1) is 8.85. The summed E-state index contributed by atoms with van der Waals surface area (Å²) in [7, 11) is 1.63. The second kappa shape index (κ2) is 6.07. The highest BCUT2D eigenvalue weighted by Crippen LogP contribution is 2.25. The Morgan fingerprint density at radius 2 is 2.06 bits per heavy atom. The number of aromatic nitrogens is 2.